The smallest absolute Gasteiger partial charge is 0.225 e. The van der Waals surface area contributed by atoms with E-state index in [0.29, 0.717) is 19.5 Å². The quantitative estimate of drug-likeness (QED) is 0.816. The molecule has 0 aliphatic carbocycles. The Hall–Kier alpha value is -1.96. The molecule has 0 radical (unpaired) electrons. The summed E-state index contributed by atoms with van der Waals surface area (Å²) in [5, 5.41) is 2.81. The summed E-state index contributed by atoms with van der Waals surface area (Å²) in [6.07, 6.45) is 3.96. The summed E-state index contributed by atoms with van der Waals surface area (Å²) < 4.78 is 23.1. The number of pyridine rings is 1. The van der Waals surface area contributed by atoms with Gasteiger partial charge in [0.05, 0.1) is 17.4 Å². The molecule has 2 unspecified atom stereocenters. The van der Waals surface area contributed by atoms with Crippen molar-refractivity contribution in [2.24, 2.45) is 5.92 Å². The molecule has 3 rings (SSSR count). The van der Waals surface area contributed by atoms with Crippen LogP contribution in [0.3, 0.4) is 0 Å². The van der Waals surface area contributed by atoms with Crippen LogP contribution in [0.5, 0.6) is 0 Å². The number of rotatable bonds is 4. The molecule has 7 nitrogen and oxygen atoms in total. The fourth-order valence-electron chi connectivity index (χ4n) is 3.12. The first-order chi connectivity index (χ1) is 10.9. The van der Waals surface area contributed by atoms with E-state index in [-0.39, 0.29) is 35.8 Å². The Kier molecular flexibility index (Phi) is 4.34. The Balaban J connectivity index is 1.56. The highest BCUT2D eigenvalue weighted by atomic mass is 32.2. The Bertz CT molecular complexity index is 705. The number of sulfone groups is 1. The third-order valence-electron chi connectivity index (χ3n) is 4.37. The van der Waals surface area contributed by atoms with E-state index in [1.807, 2.05) is 6.07 Å². The SMILES string of the molecule is O=C(NCc1cccnc1)C1CC(=O)N(C2CCS(=O)(=O)C2)C1. The molecule has 2 aliphatic rings. The van der Waals surface area contributed by atoms with Crippen LogP contribution in [0.15, 0.2) is 24.5 Å². The van der Waals surface area contributed by atoms with E-state index < -0.39 is 15.8 Å². The van der Waals surface area contributed by atoms with Crippen LogP contribution in [-0.2, 0) is 26.0 Å². The van der Waals surface area contributed by atoms with Crippen LogP contribution in [0.25, 0.3) is 0 Å². The van der Waals surface area contributed by atoms with E-state index in [0.717, 1.165) is 5.56 Å². The molecule has 0 saturated carbocycles. The van der Waals surface area contributed by atoms with Gasteiger partial charge in [0, 0.05) is 37.9 Å². The Morgan fingerprint density at radius 1 is 1.43 bits per heavy atom. The van der Waals surface area contributed by atoms with E-state index in [4.69, 9.17) is 0 Å². The van der Waals surface area contributed by atoms with Crippen molar-refractivity contribution in [1.29, 1.82) is 0 Å². The van der Waals surface area contributed by atoms with Gasteiger partial charge in [-0.1, -0.05) is 6.07 Å². The van der Waals surface area contributed by atoms with Crippen molar-refractivity contribution in [3.8, 4) is 0 Å². The molecule has 2 aliphatic heterocycles. The van der Waals surface area contributed by atoms with Gasteiger partial charge < -0.3 is 10.2 Å². The standard InChI is InChI=1S/C15H19N3O4S/c19-14-6-12(9-18(14)13-3-5-23(21,22)10-13)15(20)17-8-11-2-1-4-16-7-11/h1-2,4,7,12-13H,3,5-6,8-10H2,(H,17,20). The second kappa shape index (κ2) is 6.27. The number of hydrogen-bond donors (Lipinski definition) is 1. The van der Waals surface area contributed by atoms with Crippen molar-refractivity contribution in [2.75, 3.05) is 18.1 Å². The van der Waals surface area contributed by atoms with Crippen LogP contribution in [0.2, 0.25) is 0 Å². The molecule has 0 bridgehead atoms. The monoisotopic (exact) mass is 337 g/mol. The van der Waals surface area contributed by atoms with Crippen molar-refractivity contribution in [2.45, 2.75) is 25.4 Å². The largest absolute Gasteiger partial charge is 0.352 e. The lowest BCUT2D eigenvalue weighted by Crippen LogP contribution is -2.39. The first-order valence-electron chi connectivity index (χ1n) is 7.61. The molecule has 2 atom stereocenters. The normalized spacial score (nSPS) is 26.4. The van der Waals surface area contributed by atoms with E-state index in [1.165, 1.54) is 0 Å². The summed E-state index contributed by atoms with van der Waals surface area (Å²) in [4.78, 5) is 29.9. The maximum Gasteiger partial charge on any atom is 0.225 e. The van der Waals surface area contributed by atoms with E-state index in [9.17, 15) is 18.0 Å². The van der Waals surface area contributed by atoms with Crippen molar-refractivity contribution in [3.05, 3.63) is 30.1 Å². The molecule has 1 N–H and O–H groups in total. The molecule has 1 aromatic heterocycles. The van der Waals surface area contributed by atoms with Crippen molar-refractivity contribution < 1.29 is 18.0 Å². The fourth-order valence-corrected chi connectivity index (χ4v) is 4.85. The zero-order chi connectivity index (χ0) is 16.4. The highest BCUT2D eigenvalue weighted by Gasteiger charge is 2.41. The highest BCUT2D eigenvalue weighted by Crippen LogP contribution is 2.26. The minimum atomic E-state index is -3.04. The van der Waals surface area contributed by atoms with Crippen LogP contribution in [0.4, 0.5) is 0 Å². The first kappa shape index (κ1) is 15.9. The molecule has 0 spiro atoms. The number of hydrogen-bond acceptors (Lipinski definition) is 5. The van der Waals surface area contributed by atoms with Gasteiger partial charge in [-0.15, -0.1) is 0 Å². The van der Waals surface area contributed by atoms with Crippen LogP contribution < -0.4 is 5.32 Å². The van der Waals surface area contributed by atoms with Gasteiger partial charge in [0.1, 0.15) is 0 Å². The molecule has 8 heteroatoms. The maximum absolute atomic E-state index is 12.2. The third-order valence-corrected chi connectivity index (χ3v) is 6.12. The molecule has 3 heterocycles. The van der Waals surface area contributed by atoms with Crippen LogP contribution in [0.1, 0.15) is 18.4 Å². The summed E-state index contributed by atoms with van der Waals surface area (Å²) in [6, 6.07) is 3.38. The van der Waals surface area contributed by atoms with Crippen LogP contribution in [0, 0.1) is 5.92 Å². The molecular weight excluding hydrogens is 318 g/mol. The minimum absolute atomic E-state index is 0.0166. The summed E-state index contributed by atoms with van der Waals surface area (Å²) in [6.45, 7) is 0.674. The number of amides is 2. The average Bonchev–Trinajstić information content (AvgIpc) is 3.08. The van der Waals surface area contributed by atoms with Crippen LogP contribution in [-0.4, -0.2) is 54.2 Å². The lowest BCUT2D eigenvalue weighted by molar-refractivity contribution is -0.130. The molecular formula is C15H19N3O4S. The minimum Gasteiger partial charge on any atom is -0.352 e. The number of aromatic nitrogens is 1. The molecule has 0 aromatic carbocycles. The van der Waals surface area contributed by atoms with E-state index in [2.05, 4.69) is 10.3 Å². The number of likely N-dealkylation sites (tertiary alicyclic amines) is 1. The van der Waals surface area contributed by atoms with Crippen molar-refractivity contribution >= 4 is 21.7 Å². The summed E-state index contributed by atoms with van der Waals surface area (Å²) >= 11 is 0. The Labute approximate surface area is 135 Å². The molecule has 23 heavy (non-hydrogen) atoms. The topological polar surface area (TPSA) is 96.4 Å². The summed E-state index contributed by atoms with van der Waals surface area (Å²) in [5.74, 6) is -0.580. The molecule has 2 fully saturated rings. The molecule has 1 aromatic rings. The highest BCUT2D eigenvalue weighted by molar-refractivity contribution is 7.91. The van der Waals surface area contributed by atoms with Gasteiger partial charge in [0.15, 0.2) is 9.84 Å². The van der Waals surface area contributed by atoms with Gasteiger partial charge >= 0.3 is 0 Å². The van der Waals surface area contributed by atoms with E-state index >= 15 is 0 Å². The van der Waals surface area contributed by atoms with Gasteiger partial charge in [0.25, 0.3) is 0 Å². The maximum atomic E-state index is 12.2. The zero-order valence-electron chi connectivity index (χ0n) is 12.6. The van der Waals surface area contributed by atoms with Crippen molar-refractivity contribution in [1.82, 2.24) is 15.2 Å². The zero-order valence-corrected chi connectivity index (χ0v) is 13.5. The second-order valence-electron chi connectivity index (χ2n) is 6.08. The van der Waals surface area contributed by atoms with Gasteiger partial charge in [0.2, 0.25) is 11.8 Å². The van der Waals surface area contributed by atoms with Gasteiger partial charge in [-0.3, -0.25) is 14.6 Å². The predicted molar refractivity (Wildman–Crippen MR) is 83.0 cm³/mol. The van der Waals surface area contributed by atoms with E-state index in [1.54, 1.807) is 23.4 Å². The number of nitrogens with one attached hydrogen (secondary N) is 1. The van der Waals surface area contributed by atoms with Gasteiger partial charge in [-0.25, -0.2) is 8.42 Å². The molecule has 2 saturated heterocycles. The van der Waals surface area contributed by atoms with Gasteiger partial charge in [-0.2, -0.15) is 0 Å². The number of carbonyl (C=O) groups excluding carboxylic acids is 2. The van der Waals surface area contributed by atoms with Crippen molar-refractivity contribution in [3.63, 3.8) is 0 Å². The predicted octanol–water partition coefficient (Wildman–Crippen LogP) is -0.267. The van der Waals surface area contributed by atoms with Gasteiger partial charge in [-0.05, 0) is 18.1 Å². The lowest BCUT2D eigenvalue weighted by atomic mass is 10.1. The molecule has 2 amide bonds. The molecule has 124 valence electrons. The third kappa shape index (κ3) is 3.69. The summed E-state index contributed by atoms with van der Waals surface area (Å²) in [7, 11) is -3.04. The lowest BCUT2D eigenvalue weighted by Gasteiger charge is -2.22. The number of nitrogens with zero attached hydrogens (tertiary/aromatic N) is 2. The summed E-state index contributed by atoms with van der Waals surface area (Å²) in [5.41, 5.74) is 0.893. The second-order valence-corrected chi connectivity index (χ2v) is 8.31. The van der Waals surface area contributed by atoms with Crippen LogP contribution >= 0.6 is 0 Å². The Morgan fingerprint density at radius 2 is 2.26 bits per heavy atom. The fraction of sp³-hybridized carbons (Fsp3) is 0.533. The average molecular weight is 337 g/mol. The first-order valence-corrected chi connectivity index (χ1v) is 9.43. The number of carbonyl (C=O) groups is 2. The Morgan fingerprint density at radius 3 is 2.91 bits per heavy atom.